The van der Waals surface area contributed by atoms with Gasteiger partial charge in [0.2, 0.25) is 0 Å². The standard InChI is InChI=1S/C17H18O4/c1-18-12-4-5-16(20-3)14(9-12)15-10-13(19-2)8-11-6-7-21-17(11)15/h4-5,8-10H,6-7H2,1-3H3. The van der Waals surface area contributed by atoms with Gasteiger partial charge in [-0.25, -0.2) is 0 Å². The van der Waals surface area contributed by atoms with Crippen LogP contribution in [0.3, 0.4) is 0 Å². The molecule has 0 aromatic heterocycles. The van der Waals surface area contributed by atoms with Gasteiger partial charge in [-0.2, -0.15) is 0 Å². The minimum atomic E-state index is 0.696. The van der Waals surface area contributed by atoms with E-state index in [4.69, 9.17) is 18.9 Å². The van der Waals surface area contributed by atoms with Crippen molar-refractivity contribution >= 4 is 0 Å². The number of hydrogen-bond donors (Lipinski definition) is 0. The smallest absolute Gasteiger partial charge is 0.130 e. The molecule has 110 valence electrons. The van der Waals surface area contributed by atoms with Crippen LogP contribution in [0, 0.1) is 0 Å². The molecule has 2 aromatic carbocycles. The van der Waals surface area contributed by atoms with Crippen LogP contribution in [0.15, 0.2) is 30.3 Å². The summed E-state index contributed by atoms with van der Waals surface area (Å²) in [5, 5.41) is 0. The number of hydrogen-bond acceptors (Lipinski definition) is 4. The Hall–Kier alpha value is -2.36. The van der Waals surface area contributed by atoms with Crippen molar-refractivity contribution < 1.29 is 18.9 Å². The molecule has 0 unspecified atom stereocenters. The van der Waals surface area contributed by atoms with Gasteiger partial charge in [0, 0.05) is 23.1 Å². The van der Waals surface area contributed by atoms with E-state index in [0.29, 0.717) is 6.61 Å². The van der Waals surface area contributed by atoms with Crippen LogP contribution in [0.4, 0.5) is 0 Å². The third-order valence-electron chi connectivity index (χ3n) is 3.69. The Bertz CT molecular complexity index is 664. The number of benzene rings is 2. The van der Waals surface area contributed by atoms with Crippen LogP contribution in [0.2, 0.25) is 0 Å². The van der Waals surface area contributed by atoms with E-state index in [2.05, 4.69) is 0 Å². The lowest BCUT2D eigenvalue weighted by Gasteiger charge is -2.15. The molecular formula is C17H18O4. The normalized spacial score (nSPS) is 12.5. The van der Waals surface area contributed by atoms with E-state index < -0.39 is 0 Å². The molecule has 0 radical (unpaired) electrons. The molecule has 0 atom stereocenters. The van der Waals surface area contributed by atoms with Crippen molar-refractivity contribution in [1.29, 1.82) is 0 Å². The molecule has 0 spiro atoms. The van der Waals surface area contributed by atoms with Crippen molar-refractivity contribution in [3.05, 3.63) is 35.9 Å². The molecule has 0 aliphatic carbocycles. The summed E-state index contributed by atoms with van der Waals surface area (Å²) in [6.45, 7) is 0.696. The van der Waals surface area contributed by atoms with Crippen LogP contribution in [-0.4, -0.2) is 27.9 Å². The van der Waals surface area contributed by atoms with Gasteiger partial charge in [0.25, 0.3) is 0 Å². The van der Waals surface area contributed by atoms with E-state index in [-0.39, 0.29) is 0 Å². The fraction of sp³-hybridized carbons (Fsp3) is 0.294. The van der Waals surface area contributed by atoms with E-state index in [1.807, 2.05) is 30.3 Å². The first kappa shape index (κ1) is 13.6. The summed E-state index contributed by atoms with van der Waals surface area (Å²) < 4.78 is 22.0. The zero-order valence-electron chi connectivity index (χ0n) is 12.4. The van der Waals surface area contributed by atoms with Crippen LogP contribution in [0.25, 0.3) is 11.1 Å². The molecule has 4 nitrogen and oxygen atoms in total. The first-order valence-corrected chi connectivity index (χ1v) is 6.83. The highest BCUT2D eigenvalue weighted by atomic mass is 16.5. The fourth-order valence-electron chi connectivity index (χ4n) is 2.62. The Labute approximate surface area is 124 Å². The minimum Gasteiger partial charge on any atom is -0.497 e. The lowest BCUT2D eigenvalue weighted by atomic mass is 9.99. The van der Waals surface area contributed by atoms with E-state index >= 15 is 0 Å². The lowest BCUT2D eigenvalue weighted by Crippen LogP contribution is -1.94. The highest BCUT2D eigenvalue weighted by Crippen LogP contribution is 2.44. The van der Waals surface area contributed by atoms with Crippen molar-refractivity contribution in [2.75, 3.05) is 27.9 Å². The predicted octanol–water partition coefficient (Wildman–Crippen LogP) is 3.31. The molecule has 4 heteroatoms. The highest BCUT2D eigenvalue weighted by Gasteiger charge is 2.21. The second-order valence-corrected chi connectivity index (χ2v) is 4.83. The first-order valence-electron chi connectivity index (χ1n) is 6.83. The molecular weight excluding hydrogens is 268 g/mol. The van der Waals surface area contributed by atoms with Crippen LogP contribution in [0.5, 0.6) is 23.0 Å². The molecule has 3 rings (SSSR count). The number of fused-ring (bicyclic) bond motifs is 1. The van der Waals surface area contributed by atoms with Crippen molar-refractivity contribution in [2.45, 2.75) is 6.42 Å². The van der Waals surface area contributed by atoms with E-state index in [1.54, 1.807) is 21.3 Å². The van der Waals surface area contributed by atoms with Crippen LogP contribution < -0.4 is 18.9 Å². The zero-order chi connectivity index (χ0) is 14.8. The second kappa shape index (κ2) is 5.56. The summed E-state index contributed by atoms with van der Waals surface area (Å²) in [4.78, 5) is 0. The molecule has 1 aliphatic heterocycles. The minimum absolute atomic E-state index is 0.696. The zero-order valence-corrected chi connectivity index (χ0v) is 12.4. The maximum atomic E-state index is 5.80. The third kappa shape index (κ3) is 2.37. The van der Waals surface area contributed by atoms with Gasteiger partial charge in [-0.05, 0) is 30.3 Å². The molecule has 0 saturated heterocycles. The Morgan fingerprint density at radius 2 is 1.62 bits per heavy atom. The highest BCUT2D eigenvalue weighted by molar-refractivity contribution is 5.80. The van der Waals surface area contributed by atoms with Crippen molar-refractivity contribution in [1.82, 2.24) is 0 Å². The van der Waals surface area contributed by atoms with Gasteiger partial charge in [-0.1, -0.05) is 0 Å². The largest absolute Gasteiger partial charge is 0.497 e. The summed E-state index contributed by atoms with van der Waals surface area (Å²) in [6.07, 6.45) is 0.895. The fourth-order valence-corrected chi connectivity index (χ4v) is 2.62. The summed E-state index contributed by atoms with van der Waals surface area (Å²) in [5.74, 6) is 3.28. The topological polar surface area (TPSA) is 36.9 Å². The van der Waals surface area contributed by atoms with E-state index in [9.17, 15) is 0 Å². The molecule has 0 N–H and O–H groups in total. The maximum absolute atomic E-state index is 5.80. The lowest BCUT2D eigenvalue weighted by molar-refractivity contribution is 0.357. The number of rotatable bonds is 4. The Morgan fingerprint density at radius 1 is 0.857 bits per heavy atom. The van der Waals surface area contributed by atoms with Crippen LogP contribution >= 0.6 is 0 Å². The number of ether oxygens (including phenoxy) is 4. The summed E-state index contributed by atoms with van der Waals surface area (Å²) in [6, 6.07) is 9.73. The van der Waals surface area contributed by atoms with Crippen LogP contribution in [0.1, 0.15) is 5.56 Å². The maximum Gasteiger partial charge on any atom is 0.130 e. The van der Waals surface area contributed by atoms with E-state index in [0.717, 1.165) is 46.1 Å². The van der Waals surface area contributed by atoms with Crippen molar-refractivity contribution in [2.24, 2.45) is 0 Å². The average Bonchev–Trinajstić information content (AvgIpc) is 3.01. The van der Waals surface area contributed by atoms with Gasteiger partial charge >= 0.3 is 0 Å². The van der Waals surface area contributed by atoms with Gasteiger partial charge in [0.15, 0.2) is 0 Å². The van der Waals surface area contributed by atoms with Gasteiger partial charge in [-0.3, -0.25) is 0 Å². The monoisotopic (exact) mass is 286 g/mol. The Kier molecular flexibility index (Phi) is 3.60. The molecule has 1 heterocycles. The molecule has 0 bridgehead atoms. The molecule has 0 fully saturated rings. The van der Waals surface area contributed by atoms with Crippen molar-refractivity contribution in [3.8, 4) is 34.1 Å². The molecule has 2 aromatic rings. The molecule has 21 heavy (non-hydrogen) atoms. The molecule has 1 aliphatic rings. The summed E-state index contributed by atoms with van der Waals surface area (Å²) in [7, 11) is 4.98. The van der Waals surface area contributed by atoms with E-state index in [1.165, 1.54) is 0 Å². The Morgan fingerprint density at radius 3 is 2.33 bits per heavy atom. The third-order valence-corrected chi connectivity index (χ3v) is 3.69. The summed E-state index contributed by atoms with van der Waals surface area (Å²) >= 11 is 0. The predicted molar refractivity (Wildman–Crippen MR) is 80.7 cm³/mol. The van der Waals surface area contributed by atoms with Gasteiger partial charge < -0.3 is 18.9 Å². The van der Waals surface area contributed by atoms with Gasteiger partial charge in [0.05, 0.1) is 27.9 Å². The second-order valence-electron chi connectivity index (χ2n) is 4.83. The number of methoxy groups -OCH3 is 3. The SMILES string of the molecule is COc1ccc(OC)c(-c2cc(OC)cc3c2OCC3)c1. The van der Waals surface area contributed by atoms with Gasteiger partial charge in [-0.15, -0.1) is 0 Å². The van der Waals surface area contributed by atoms with Crippen LogP contribution in [-0.2, 0) is 6.42 Å². The molecule has 0 saturated carbocycles. The average molecular weight is 286 g/mol. The van der Waals surface area contributed by atoms with Gasteiger partial charge in [0.1, 0.15) is 23.0 Å². The first-order chi connectivity index (χ1) is 10.3. The molecule has 0 amide bonds. The quantitative estimate of drug-likeness (QED) is 0.864. The van der Waals surface area contributed by atoms with Crippen molar-refractivity contribution in [3.63, 3.8) is 0 Å². The Balaban J connectivity index is 2.22. The summed E-state index contributed by atoms with van der Waals surface area (Å²) in [5.41, 5.74) is 3.07.